The molecule has 0 radical (unpaired) electrons. The molecule has 1 aliphatic carbocycles. The van der Waals surface area contributed by atoms with E-state index >= 15 is 0 Å². The van der Waals surface area contributed by atoms with Crippen LogP contribution in [0.5, 0.6) is 0 Å². The Morgan fingerprint density at radius 2 is 2.00 bits per heavy atom. The molecular formula is C22H20N2S2. The summed E-state index contributed by atoms with van der Waals surface area (Å²) in [6.07, 6.45) is 4.44. The van der Waals surface area contributed by atoms with Gasteiger partial charge in [0.25, 0.3) is 0 Å². The van der Waals surface area contributed by atoms with E-state index in [9.17, 15) is 5.26 Å². The van der Waals surface area contributed by atoms with Gasteiger partial charge >= 0.3 is 0 Å². The first-order chi connectivity index (χ1) is 12.8. The number of hydrogen-bond donors (Lipinski definition) is 0. The average Bonchev–Trinajstić information content (AvgIpc) is 3.20. The van der Waals surface area contributed by atoms with E-state index in [1.54, 1.807) is 23.1 Å². The number of thiophene rings is 1. The largest absolute Gasteiger partial charge is 0.245 e. The highest BCUT2D eigenvalue weighted by atomic mass is 32.2. The fourth-order valence-corrected chi connectivity index (χ4v) is 5.42. The molecule has 1 aromatic carbocycles. The molecule has 0 spiro atoms. The Morgan fingerprint density at radius 3 is 2.77 bits per heavy atom. The topological polar surface area (TPSA) is 36.7 Å². The van der Waals surface area contributed by atoms with Gasteiger partial charge in [0.1, 0.15) is 11.1 Å². The summed E-state index contributed by atoms with van der Waals surface area (Å²) in [5.41, 5.74) is 6.99. The van der Waals surface area contributed by atoms with Crippen molar-refractivity contribution in [2.45, 2.75) is 43.4 Å². The van der Waals surface area contributed by atoms with E-state index < -0.39 is 0 Å². The molecule has 0 aliphatic heterocycles. The first-order valence-corrected chi connectivity index (χ1v) is 10.8. The van der Waals surface area contributed by atoms with Gasteiger partial charge in [0, 0.05) is 21.9 Å². The molecule has 4 rings (SSSR count). The Hall–Kier alpha value is -2.09. The van der Waals surface area contributed by atoms with Crippen LogP contribution < -0.4 is 0 Å². The maximum atomic E-state index is 9.95. The number of rotatable bonds is 4. The molecule has 2 nitrogen and oxygen atoms in total. The zero-order valence-electron chi connectivity index (χ0n) is 14.8. The standard InChI is InChI=1S/C22H20N2S2/c1-15-7-2-3-8-16(15)14-26-22-18(13-23)21(20-11-6-12-25-20)17-9-4-5-10-19(17)24-22/h2-3,6-8,11-12H,4-5,9-10,14H2,1H3. The lowest BCUT2D eigenvalue weighted by Gasteiger charge is -2.21. The molecule has 2 aromatic heterocycles. The van der Waals surface area contributed by atoms with Crippen LogP contribution in [0.25, 0.3) is 10.4 Å². The second kappa shape index (κ2) is 7.65. The van der Waals surface area contributed by atoms with Crippen molar-refractivity contribution in [3.63, 3.8) is 0 Å². The van der Waals surface area contributed by atoms with E-state index in [0.29, 0.717) is 0 Å². The van der Waals surface area contributed by atoms with Gasteiger partial charge in [-0.15, -0.1) is 23.1 Å². The molecule has 3 aromatic rings. The van der Waals surface area contributed by atoms with Crippen molar-refractivity contribution >= 4 is 23.1 Å². The predicted molar refractivity (Wildman–Crippen MR) is 110 cm³/mol. The summed E-state index contributed by atoms with van der Waals surface area (Å²) >= 11 is 3.41. The second-order valence-corrected chi connectivity index (χ2v) is 8.52. The predicted octanol–water partition coefficient (Wildman–Crippen LogP) is 6.16. The van der Waals surface area contributed by atoms with Gasteiger partial charge in [-0.3, -0.25) is 0 Å². The van der Waals surface area contributed by atoms with Crippen LogP contribution in [0.2, 0.25) is 0 Å². The van der Waals surface area contributed by atoms with Crippen LogP contribution in [0.3, 0.4) is 0 Å². The van der Waals surface area contributed by atoms with Crippen molar-refractivity contribution in [1.82, 2.24) is 4.98 Å². The Balaban J connectivity index is 1.78. The number of hydrogen-bond acceptors (Lipinski definition) is 4. The minimum Gasteiger partial charge on any atom is -0.245 e. The quantitative estimate of drug-likeness (QED) is 0.512. The van der Waals surface area contributed by atoms with Gasteiger partial charge in [0.05, 0.1) is 5.56 Å². The lowest BCUT2D eigenvalue weighted by Crippen LogP contribution is -2.10. The molecule has 0 bridgehead atoms. The molecule has 0 amide bonds. The van der Waals surface area contributed by atoms with Crippen molar-refractivity contribution < 1.29 is 0 Å². The molecular weight excluding hydrogens is 356 g/mol. The number of aromatic nitrogens is 1. The van der Waals surface area contributed by atoms with Crippen LogP contribution in [0.1, 0.15) is 40.8 Å². The van der Waals surface area contributed by atoms with Crippen molar-refractivity contribution in [1.29, 1.82) is 5.26 Å². The minimum atomic E-state index is 0.756. The zero-order chi connectivity index (χ0) is 17.9. The van der Waals surface area contributed by atoms with Crippen LogP contribution in [-0.2, 0) is 18.6 Å². The van der Waals surface area contributed by atoms with Gasteiger partial charge in [0.15, 0.2) is 0 Å². The molecule has 0 saturated carbocycles. The Labute approximate surface area is 162 Å². The number of benzene rings is 1. The first-order valence-electron chi connectivity index (χ1n) is 8.95. The maximum absolute atomic E-state index is 9.95. The van der Waals surface area contributed by atoms with E-state index in [1.807, 2.05) is 0 Å². The number of pyridine rings is 1. The molecule has 26 heavy (non-hydrogen) atoms. The second-order valence-electron chi connectivity index (χ2n) is 6.60. The fourth-order valence-electron chi connectivity index (χ4n) is 3.54. The molecule has 0 unspecified atom stereocenters. The minimum absolute atomic E-state index is 0.756. The molecule has 2 heterocycles. The Morgan fingerprint density at radius 1 is 1.15 bits per heavy atom. The summed E-state index contributed by atoms with van der Waals surface area (Å²) in [7, 11) is 0. The normalized spacial score (nSPS) is 13.2. The summed E-state index contributed by atoms with van der Waals surface area (Å²) in [6.45, 7) is 2.14. The average molecular weight is 377 g/mol. The third kappa shape index (κ3) is 3.30. The smallest absolute Gasteiger partial charge is 0.115 e. The monoisotopic (exact) mass is 376 g/mol. The number of thioether (sulfide) groups is 1. The number of nitriles is 1. The highest BCUT2D eigenvalue weighted by Gasteiger charge is 2.23. The summed E-state index contributed by atoms with van der Waals surface area (Å²) in [5.74, 6) is 0.844. The van der Waals surface area contributed by atoms with Gasteiger partial charge in [0.2, 0.25) is 0 Å². The number of fused-ring (bicyclic) bond motifs is 1. The first kappa shape index (κ1) is 17.3. The fraction of sp³-hybridized carbons (Fsp3) is 0.273. The Kier molecular flexibility index (Phi) is 5.10. The van der Waals surface area contributed by atoms with Gasteiger partial charge in [-0.05, 0) is 60.7 Å². The zero-order valence-corrected chi connectivity index (χ0v) is 16.4. The van der Waals surface area contributed by atoms with E-state index in [2.05, 4.69) is 54.8 Å². The van der Waals surface area contributed by atoms with Crippen molar-refractivity contribution in [2.24, 2.45) is 0 Å². The summed E-state index contributed by atoms with van der Waals surface area (Å²) in [4.78, 5) is 6.14. The Bertz CT molecular complexity index is 969. The highest BCUT2D eigenvalue weighted by Crippen LogP contribution is 2.40. The SMILES string of the molecule is Cc1ccccc1CSc1nc2c(c(-c3cccs3)c1C#N)CCCC2. The summed E-state index contributed by atoms with van der Waals surface area (Å²) in [5, 5.41) is 12.9. The van der Waals surface area contributed by atoms with Crippen LogP contribution in [0.15, 0.2) is 46.8 Å². The van der Waals surface area contributed by atoms with Gasteiger partial charge in [-0.25, -0.2) is 4.98 Å². The molecule has 0 N–H and O–H groups in total. The molecule has 0 saturated heterocycles. The molecule has 130 valence electrons. The van der Waals surface area contributed by atoms with Crippen LogP contribution in [-0.4, -0.2) is 4.98 Å². The van der Waals surface area contributed by atoms with Crippen molar-refractivity contribution in [3.8, 4) is 16.5 Å². The van der Waals surface area contributed by atoms with E-state index in [0.717, 1.165) is 34.7 Å². The lowest BCUT2D eigenvalue weighted by atomic mass is 9.89. The number of aryl methyl sites for hydroxylation is 2. The van der Waals surface area contributed by atoms with Crippen molar-refractivity contribution in [3.05, 3.63) is 69.7 Å². The molecule has 1 aliphatic rings. The molecule has 0 atom stereocenters. The van der Waals surface area contributed by atoms with Gasteiger partial charge < -0.3 is 0 Å². The molecule has 4 heteroatoms. The van der Waals surface area contributed by atoms with Gasteiger partial charge in [-0.2, -0.15) is 5.26 Å². The third-order valence-electron chi connectivity index (χ3n) is 4.95. The van der Waals surface area contributed by atoms with Gasteiger partial charge in [-0.1, -0.05) is 30.3 Å². The molecule has 0 fully saturated rings. The van der Waals surface area contributed by atoms with Crippen molar-refractivity contribution in [2.75, 3.05) is 0 Å². The lowest BCUT2D eigenvalue weighted by molar-refractivity contribution is 0.661. The van der Waals surface area contributed by atoms with E-state index in [-0.39, 0.29) is 0 Å². The van der Waals surface area contributed by atoms with Crippen LogP contribution in [0, 0.1) is 18.3 Å². The third-order valence-corrected chi connectivity index (χ3v) is 6.86. The summed E-state index contributed by atoms with van der Waals surface area (Å²) < 4.78 is 0. The number of nitrogens with zero attached hydrogens (tertiary/aromatic N) is 2. The van der Waals surface area contributed by atoms with Crippen LogP contribution in [0.4, 0.5) is 0 Å². The van der Waals surface area contributed by atoms with E-state index in [4.69, 9.17) is 4.98 Å². The summed E-state index contributed by atoms with van der Waals surface area (Å²) in [6, 6.07) is 15.1. The highest BCUT2D eigenvalue weighted by molar-refractivity contribution is 7.98. The van der Waals surface area contributed by atoms with E-state index in [1.165, 1.54) is 40.1 Å². The maximum Gasteiger partial charge on any atom is 0.115 e. The van der Waals surface area contributed by atoms with Crippen LogP contribution >= 0.6 is 23.1 Å².